The lowest BCUT2D eigenvalue weighted by atomic mass is 10.2. The summed E-state index contributed by atoms with van der Waals surface area (Å²) >= 11 is 7.21. The highest BCUT2D eigenvalue weighted by Gasteiger charge is 2.12. The van der Waals surface area contributed by atoms with Crippen LogP contribution in [0.4, 0.5) is 5.95 Å². The van der Waals surface area contributed by atoms with Crippen molar-refractivity contribution < 1.29 is 5.11 Å². The van der Waals surface area contributed by atoms with Gasteiger partial charge in [-0.2, -0.15) is 5.10 Å². The Hall–Kier alpha value is -1.24. The number of nitrogens with zero attached hydrogens (tertiary/aromatic N) is 3. The number of aliphatic hydroxyl groups excluding tert-OH is 1. The minimum Gasteiger partial charge on any atom is -0.386 e. The van der Waals surface area contributed by atoms with Gasteiger partial charge in [-0.05, 0) is 25.0 Å². The minimum atomic E-state index is -0.632. The molecule has 1 unspecified atom stereocenters. The Bertz CT molecular complexity index is 575. The summed E-state index contributed by atoms with van der Waals surface area (Å²) in [6.45, 7) is 4.39. The van der Waals surface area contributed by atoms with Crippen molar-refractivity contribution in [2.45, 2.75) is 32.8 Å². The second kappa shape index (κ2) is 6.97. The molecule has 20 heavy (non-hydrogen) atoms. The fourth-order valence-corrected chi connectivity index (χ4v) is 2.86. The third-order valence-electron chi connectivity index (χ3n) is 2.89. The Kier molecular flexibility index (Phi) is 5.28. The first-order chi connectivity index (χ1) is 9.63. The van der Waals surface area contributed by atoms with Gasteiger partial charge in [0.25, 0.3) is 0 Å². The van der Waals surface area contributed by atoms with Crippen LogP contribution in [-0.2, 0) is 12.8 Å². The molecule has 0 bridgehead atoms. The van der Waals surface area contributed by atoms with Crippen molar-refractivity contribution in [2.24, 2.45) is 0 Å². The number of hydrogen-bond donors (Lipinski definition) is 2. The summed E-state index contributed by atoms with van der Waals surface area (Å²) in [6.07, 6.45) is 1.00. The number of aryl methyl sites for hydroxylation is 2. The van der Waals surface area contributed by atoms with Gasteiger partial charge in [0.2, 0.25) is 5.95 Å². The van der Waals surface area contributed by atoms with E-state index >= 15 is 0 Å². The van der Waals surface area contributed by atoms with E-state index in [0.29, 0.717) is 16.8 Å². The average Bonchev–Trinajstić information content (AvgIpc) is 2.91. The van der Waals surface area contributed by atoms with Crippen LogP contribution in [0.15, 0.2) is 12.1 Å². The molecule has 1 atom stereocenters. The van der Waals surface area contributed by atoms with Crippen LogP contribution in [0, 0.1) is 0 Å². The van der Waals surface area contributed by atoms with Gasteiger partial charge in [-0.15, -0.1) is 16.4 Å². The van der Waals surface area contributed by atoms with E-state index in [0.717, 1.165) is 29.1 Å². The fourth-order valence-electron chi connectivity index (χ4n) is 1.81. The average molecular weight is 313 g/mol. The summed E-state index contributed by atoms with van der Waals surface area (Å²) in [5, 5.41) is 21.2. The molecule has 0 spiro atoms. The lowest BCUT2D eigenvalue weighted by Crippen LogP contribution is -2.15. The lowest BCUT2D eigenvalue weighted by Gasteiger charge is -2.11. The third kappa shape index (κ3) is 3.65. The Morgan fingerprint density at radius 1 is 1.25 bits per heavy atom. The van der Waals surface area contributed by atoms with Gasteiger partial charge < -0.3 is 10.4 Å². The molecule has 2 heterocycles. The van der Waals surface area contributed by atoms with Crippen LogP contribution in [0.5, 0.6) is 0 Å². The maximum absolute atomic E-state index is 10.0. The molecule has 5 nitrogen and oxygen atoms in total. The van der Waals surface area contributed by atoms with Crippen molar-refractivity contribution >= 4 is 28.9 Å². The summed E-state index contributed by atoms with van der Waals surface area (Å²) in [4.78, 5) is 5.23. The number of hydrogen-bond acceptors (Lipinski definition) is 6. The van der Waals surface area contributed by atoms with Gasteiger partial charge in [0.1, 0.15) is 6.10 Å². The first-order valence-electron chi connectivity index (χ1n) is 6.53. The SMILES string of the molecule is CCc1nnc(NCC(O)c2ccc(Cl)s2)nc1CC. The normalized spacial score (nSPS) is 12.4. The monoisotopic (exact) mass is 312 g/mol. The van der Waals surface area contributed by atoms with E-state index < -0.39 is 6.10 Å². The molecule has 108 valence electrons. The van der Waals surface area contributed by atoms with Crippen LogP contribution < -0.4 is 5.32 Å². The number of aromatic nitrogens is 3. The highest BCUT2D eigenvalue weighted by molar-refractivity contribution is 7.16. The molecule has 7 heteroatoms. The predicted octanol–water partition coefficient (Wildman–Crippen LogP) is 2.86. The van der Waals surface area contributed by atoms with Crippen molar-refractivity contribution in [1.29, 1.82) is 0 Å². The zero-order valence-electron chi connectivity index (χ0n) is 11.4. The smallest absolute Gasteiger partial charge is 0.243 e. The van der Waals surface area contributed by atoms with Crippen LogP contribution in [0.1, 0.15) is 36.2 Å². The molecule has 0 radical (unpaired) electrons. The molecule has 0 amide bonds. The van der Waals surface area contributed by atoms with Crippen LogP contribution in [0.3, 0.4) is 0 Å². The van der Waals surface area contributed by atoms with Gasteiger partial charge in [-0.3, -0.25) is 0 Å². The predicted molar refractivity (Wildman–Crippen MR) is 81.4 cm³/mol. The molecule has 0 saturated carbocycles. The minimum absolute atomic E-state index is 0.327. The van der Waals surface area contributed by atoms with Crippen LogP contribution >= 0.6 is 22.9 Å². The van der Waals surface area contributed by atoms with Crippen molar-refractivity contribution in [2.75, 3.05) is 11.9 Å². The number of thiophene rings is 1. The highest BCUT2D eigenvalue weighted by atomic mass is 35.5. The Labute approximate surface area is 127 Å². The fraction of sp³-hybridized carbons (Fsp3) is 0.462. The molecular formula is C13H17ClN4OS. The standard InChI is InChI=1S/C13H17ClN4OS/c1-3-8-9(4-2)17-18-13(16-8)15-7-10(19)11-5-6-12(14)20-11/h5-6,10,19H,3-4,7H2,1-2H3,(H,15,16,18). The number of anilines is 1. The Balaban J connectivity index is 2.00. The summed E-state index contributed by atoms with van der Waals surface area (Å²) in [5.41, 5.74) is 1.86. The second-order valence-electron chi connectivity index (χ2n) is 4.27. The molecule has 0 fully saturated rings. The molecule has 2 aromatic rings. The largest absolute Gasteiger partial charge is 0.386 e. The first kappa shape index (κ1) is 15.2. The topological polar surface area (TPSA) is 70.9 Å². The van der Waals surface area contributed by atoms with Gasteiger partial charge in [0.15, 0.2) is 0 Å². The Morgan fingerprint density at radius 2 is 2.00 bits per heavy atom. The van der Waals surface area contributed by atoms with Crippen LogP contribution in [0.25, 0.3) is 0 Å². The molecular weight excluding hydrogens is 296 g/mol. The van der Waals surface area contributed by atoms with Gasteiger partial charge in [-0.25, -0.2) is 4.98 Å². The van der Waals surface area contributed by atoms with Gasteiger partial charge in [0, 0.05) is 11.4 Å². The molecule has 0 saturated heterocycles. The maximum atomic E-state index is 10.0. The molecule has 2 N–H and O–H groups in total. The van der Waals surface area contributed by atoms with Gasteiger partial charge in [-0.1, -0.05) is 25.4 Å². The summed E-state index contributed by atoms with van der Waals surface area (Å²) in [7, 11) is 0. The number of halogens is 1. The molecule has 0 aliphatic carbocycles. The number of aliphatic hydroxyl groups is 1. The van der Waals surface area contributed by atoms with Crippen LogP contribution in [-0.4, -0.2) is 26.8 Å². The molecule has 0 aliphatic rings. The zero-order chi connectivity index (χ0) is 14.5. The van der Waals surface area contributed by atoms with Crippen molar-refractivity contribution in [1.82, 2.24) is 15.2 Å². The van der Waals surface area contributed by atoms with E-state index in [1.54, 1.807) is 6.07 Å². The van der Waals surface area contributed by atoms with E-state index in [4.69, 9.17) is 11.6 Å². The van der Waals surface area contributed by atoms with Crippen molar-refractivity contribution in [3.8, 4) is 0 Å². The molecule has 0 aliphatic heterocycles. The summed E-state index contributed by atoms with van der Waals surface area (Å²) < 4.78 is 0.664. The third-order valence-corrected chi connectivity index (χ3v) is 4.22. The van der Waals surface area contributed by atoms with E-state index in [1.165, 1.54) is 11.3 Å². The second-order valence-corrected chi connectivity index (χ2v) is 6.02. The molecule has 2 rings (SSSR count). The maximum Gasteiger partial charge on any atom is 0.243 e. The first-order valence-corrected chi connectivity index (χ1v) is 7.73. The van der Waals surface area contributed by atoms with E-state index in [-0.39, 0.29) is 0 Å². The number of nitrogens with one attached hydrogen (secondary N) is 1. The van der Waals surface area contributed by atoms with Crippen molar-refractivity contribution in [3.05, 3.63) is 32.7 Å². The van der Waals surface area contributed by atoms with Gasteiger partial charge in [0.05, 0.1) is 15.7 Å². The Morgan fingerprint density at radius 3 is 2.60 bits per heavy atom. The van der Waals surface area contributed by atoms with E-state index in [1.807, 2.05) is 19.9 Å². The zero-order valence-corrected chi connectivity index (χ0v) is 13.0. The lowest BCUT2D eigenvalue weighted by molar-refractivity contribution is 0.195. The van der Waals surface area contributed by atoms with Gasteiger partial charge >= 0.3 is 0 Å². The van der Waals surface area contributed by atoms with Crippen LogP contribution in [0.2, 0.25) is 4.34 Å². The van der Waals surface area contributed by atoms with E-state index in [2.05, 4.69) is 20.5 Å². The number of rotatable bonds is 6. The van der Waals surface area contributed by atoms with Crippen molar-refractivity contribution in [3.63, 3.8) is 0 Å². The molecule has 0 aromatic carbocycles. The quantitative estimate of drug-likeness (QED) is 0.858. The summed E-state index contributed by atoms with van der Waals surface area (Å²) in [6, 6.07) is 3.59. The molecule has 2 aromatic heterocycles. The van der Waals surface area contributed by atoms with E-state index in [9.17, 15) is 5.11 Å². The summed E-state index contributed by atoms with van der Waals surface area (Å²) in [5.74, 6) is 0.445. The highest BCUT2D eigenvalue weighted by Crippen LogP contribution is 2.26.